The zero-order valence-electron chi connectivity index (χ0n) is 19.3. The zero-order valence-corrected chi connectivity index (χ0v) is 20.1. The van der Waals surface area contributed by atoms with Crippen LogP contribution in [0, 0.1) is 6.92 Å². The molecular formula is C26H30N4O3S. The molecule has 3 amide bonds. The van der Waals surface area contributed by atoms with E-state index >= 15 is 0 Å². The van der Waals surface area contributed by atoms with Crippen molar-refractivity contribution >= 4 is 29.0 Å². The van der Waals surface area contributed by atoms with Gasteiger partial charge >= 0.3 is 6.03 Å². The number of urea groups is 1. The van der Waals surface area contributed by atoms with E-state index < -0.39 is 0 Å². The van der Waals surface area contributed by atoms with Gasteiger partial charge in [0.15, 0.2) is 0 Å². The third-order valence-electron chi connectivity index (χ3n) is 5.59. The van der Waals surface area contributed by atoms with Crippen LogP contribution in [0.15, 0.2) is 66.0 Å². The topological polar surface area (TPSA) is 82.7 Å². The first kappa shape index (κ1) is 23.9. The van der Waals surface area contributed by atoms with Crippen LogP contribution < -0.4 is 16.0 Å². The molecule has 1 aliphatic rings. The molecule has 0 aliphatic carbocycles. The summed E-state index contributed by atoms with van der Waals surface area (Å²) in [5.41, 5.74) is 3.60. The molecule has 1 aromatic heterocycles. The first-order valence-electron chi connectivity index (χ1n) is 11.4. The van der Waals surface area contributed by atoms with E-state index in [-0.39, 0.29) is 18.0 Å². The molecule has 2 aromatic carbocycles. The Morgan fingerprint density at radius 2 is 1.97 bits per heavy atom. The highest BCUT2D eigenvalue weighted by Crippen LogP contribution is 2.14. The van der Waals surface area contributed by atoms with E-state index in [0.29, 0.717) is 30.9 Å². The number of ether oxygens (including phenoxy) is 1. The highest BCUT2D eigenvalue weighted by atomic mass is 32.1. The molecule has 4 rings (SSSR count). The van der Waals surface area contributed by atoms with Gasteiger partial charge in [0, 0.05) is 42.3 Å². The van der Waals surface area contributed by atoms with E-state index in [2.05, 4.69) is 52.0 Å². The van der Waals surface area contributed by atoms with Crippen LogP contribution in [0.1, 0.15) is 26.4 Å². The maximum atomic E-state index is 12.4. The summed E-state index contributed by atoms with van der Waals surface area (Å²) in [5.74, 6) is -0.179. The Morgan fingerprint density at radius 3 is 2.79 bits per heavy atom. The Kier molecular flexibility index (Phi) is 8.30. The van der Waals surface area contributed by atoms with Crippen molar-refractivity contribution in [2.45, 2.75) is 26.1 Å². The molecular weight excluding hydrogens is 448 g/mol. The number of benzene rings is 2. The van der Waals surface area contributed by atoms with E-state index in [1.165, 1.54) is 11.1 Å². The van der Waals surface area contributed by atoms with Crippen LogP contribution in [-0.4, -0.2) is 49.2 Å². The second-order valence-corrected chi connectivity index (χ2v) is 9.43. The number of carbonyl (C=O) groups is 2. The molecule has 0 bridgehead atoms. The van der Waals surface area contributed by atoms with Gasteiger partial charge in [0.05, 0.1) is 19.3 Å². The maximum absolute atomic E-state index is 12.4. The number of thiophene rings is 1. The number of anilines is 1. The first-order chi connectivity index (χ1) is 16.5. The molecule has 0 spiro atoms. The minimum absolute atomic E-state index is 0.0707. The van der Waals surface area contributed by atoms with Crippen molar-refractivity contribution in [3.63, 3.8) is 0 Å². The summed E-state index contributed by atoms with van der Waals surface area (Å²) < 4.78 is 5.84. The number of aryl methyl sites for hydroxylation is 1. The summed E-state index contributed by atoms with van der Waals surface area (Å²) in [6, 6.07) is 19.0. The van der Waals surface area contributed by atoms with Crippen LogP contribution >= 0.6 is 11.3 Å². The third-order valence-corrected chi connectivity index (χ3v) is 6.46. The summed E-state index contributed by atoms with van der Waals surface area (Å²) in [5, 5.41) is 10.6. The number of rotatable bonds is 8. The van der Waals surface area contributed by atoms with Crippen LogP contribution in [0.5, 0.6) is 0 Å². The molecule has 0 radical (unpaired) electrons. The molecule has 7 nitrogen and oxygen atoms in total. The van der Waals surface area contributed by atoms with Gasteiger partial charge in [-0.05, 0) is 42.1 Å². The molecule has 1 atom stereocenters. The Morgan fingerprint density at radius 1 is 1.09 bits per heavy atom. The first-order valence-corrected chi connectivity index (χ1v) is 12.3. The van der Waals surface area contributed by atoms with Crippen molar-refractivity contribution in [1.29, 1.82) is 0 Å². The summed E-state index contributed by atoms with van der Waals surface area (Å²) in [6.45, 7) is 6.14. The number of hydrogen-bond donors (Lipinski definition) is 3. The number of amides is 3. The van der Waals surface area contributed by atoms with Gasteiger partial charge in [0.1, 0.15) is 0 Å². The van der Waals surface area contributed by atoms with E-state index in [9.17, 15) is 9.59 Å². The average Bonchev–Trinajstić information content (AvgIpc) is 3.35. The van der Waals surface area contributed by atoms with Crippen molar-refractivity contribution in [1.82, 2.24) is 15.5 Å². The fourth-order valence-corrected chi connectivity index (χ4v) is 4.56. The van der Waals surface area contributed by atoms with Crippen LogP contribution in [0.3, 0.4) is 0 Å². The highest BCUT2D eigenvalue weighted by molar-refractivity contribution is 7.09. The van der Waals surface area contributed by atoms with Gasteiger partial charge in [0.2, 0.25) is 0 Å². The second kappa shape index (κ2) is 11.8. The Labute approximate surface area is 204 Å². The lowest BCUT2D eigenvalue weighted by atomic mass is 10.1. The second-order valence-electron chi connectivity index (χ2n) is 8.39. The van der Waals surface area contributed by atoms with Crippen LogP contribution in [0.4, 0.5) is 10.5 Å². The Bertz CT molecular complexity index is 1100. The smallest absolute Gasteiger partial charge is 0.319 e. The van der Waals surface area contributed by atoms with Crippen molar-refractivity contribution in [2.24, 2.45) is 0 Å². The molecule has 3 N–H and O–H groups in total. The molecule has 2 heterocycles. The van der Waals surface area contributed by atoms with Gasteiger partial charge in [-0.2, -0.15) is 0 Å². The predicted octanol–water partition coefficient (Wildman–Crippen LogP) is 4.01. The number of nitrogens with one attached hydrogen (secondary N) is 3. The van der Waals surface area contributed by atoms with Gasteiger partial charge in [0.25, 0.3) is 5.91 Å². The summed E-state index contributed by atoms with van der Waals surface area (Å²) in [4.78, 5) is 28.3. The molecule has 1 fully saturated rings. The zero-order chi connectivity index (χ0) is 23.8. The third kappa shape index (κ3) is 7.15. The molecule has 178 valence electrons. The number of hydrogen-bond acceptors (Lipinski definition) is 5. The van der Waals surface area contributed by atoms with Crippen LogP contribution in [0.2, 0.25) is 0 Å². The molecule has 1 saturated heterocycles. The van der Waals surface area contributed by atoms with E-state index in [1.807, 2.05) is 17.5 Å². The minimum atomic E-state index is -0.324. The standard InChI is InChI=1S/C26H30N4O3S/c1-19-5-2-6-20(13-19)17-30-10-11-33-23(18-30)15-28-26(32)29-22-8-3-7-21(14-22)25(31)27-16-24-9-4-12-34-24/h2-9,12-14,23H,10-11,15-18H2,1H3,(H,27,31)(H2,28,29,32). The van der Waals surface area contributed by atoms with Gasteiger partial charge in [-0.1, -0.05) is 42.0 Å². The lowest BCUT2D eigenvalue weighted by molar-refractivity contribution is -0.0285. The number of morpholine rings is 1. The monoisotopic (exact) mass is 478 g/mol. The molecule has 1 unspecified atom stereocenters. The lowest BCUT2D eigenvalue weighted by Crippen LogP contribution is -2.47. The van der Waals surface area contributed by atoms with Crippen LogP contribution in [0.25, 0.3) is 0 Å². The average molecular weight is 479 g/mol. The van der Waals surface area contributed by atoms with Crippen molar-refractivity contribution in [3.8, 4) is 0 Å². The summed E-state index contributed by atoms with van der Waals surface area (Å²) in [6.07, 6.45) is -0.0707. The molecule has 34 heavy (non-hydrogen) atoms. The normalized spacial score (nSPS) is 16.1. The van der Waals surface area contributed by atoms with Crippen molar-refractivity contribution < 1.29 is 14.3 Å². The minimum Gasteiger partial charge on any atom is -0.374 e. The SMILES string of the molecule is Cc1cccc(CN2CCOC(CNC(=O)Nc3cccc(C(=O)NCc4cccs4)c3)C2)c1. The molecule has 1 aliphatic heterocycles. The summed E-state index contributed by atoms with van der Waals surface area (Å²) >= 11 is 1.60. The Hall–Kier alpha value is -3.20. The van der Waals surface area contributed by atoms with E-state index in [0.717, 1.165) is 24.5 Å². The lowest BCUT2D eigenvalue weighted by Gasteiger charge is -2.33. The highest BCUT2D eigenvalue weighted by Gasteiger charge is 2.21. The fourth-order valence-electron chi connectivity index (χ4n) is 3.92. The predicted molar refractivity (Wildman–Crippen MR) is 135 cm³/mol. The van der Waals surface area contributed by atoms with E-state index in [1.54, 1.807) is 35.6 Å². The molecule has 3 aromatic rings. The Balaban J connectivity index is 1.22. The van der Waals surface area contributed by atoms with Gasteiger partial charge < -0.3 is 20.7 Å². The molecule has 8 heteroatoms. The van der Waals surface area contributed by atoms with Gasteiger partial charge in [-0.3, -0.25) is 9.69 Å². The largest absolute Gasteiger partial charge is 0.374 e. The number of carbonyl (C=O) groups excluding carboxylic acids is 2. The summed E-state index contributed by atoms with van der Waals surface area (Å²) in [7, 11) is 0. The van der Waals surface area contributed by atoms with Gasteiger partial charge in [-0.25, -0.2) is 4.79 Å². The van der Waals surface area contributed by atoms with E-state index in [4.69, 9.17) is 4.74 Å². The number of nitrogens with zero attached hydrogens (tertiary/aromatic N) is 1. The fraction of sp³-hybridized carbons (Fsp3) is 0.308. The van der Waals surface area contributed by atoms with Crippen molar-refractivity contribution in [2.75, 3.05) is 31.6 Å². The van der Waals surface area contributed by atoms with Crippen molar-refractivity contribution in [3.05, 3.63) is 87.6 Å². The quantitative estimate of drug-likeness (QED) is 0.457. The molecule has 0 saturated carbocycles. The maximum Gasteiger partial charge on any atom is 0.319 e. The van der Waals surface area contributed by atoms with Crippen LogP contribution in [-0.2, 0) is 17.8 Å². The van der Waals surface area contributed by atoms with Gasteiger partial charge in [-0.15, -0.1) is 11.3 Å².